The summed E-state index contributed by atoms with van der Waals surface area (Å²) in [6.45, 7) is 2.52. The van der Waals surface area contributed by atoms with Crippen molar-refractivity contribution in [3.05, 3.63) is 106 Å². The number of fused-ring (bicyclic) bond motifs is 1. The Morgan fingerprint density at radius 2 is 1.74 bits per heavy atom. The average molecular weight is 614 g/mol. The van der Waals surface area contributed by atoms with Crippen LogP contribution in [0, 0.1) is 23.3 Å². The van der Waals surface area contributed by atoms with E-state index in [1.54, 1.807) is 24.3 Å². The quantitative estimate of drug-likeness (QED) is 0.122. The highest BCUT2D eigenvalue weighted by Gasteiger charge is 2.40. The highest BCUT2D eigenvalue weighted by Crippen LogP contribution is 2.46. The first kappa shape index (κ1) is 30.6. The molecule has 1 unspecified atom stereocenters. The molecule has 0 bridgehead atoms. The van der Waals surface area contributed by atoms with Crippen molar-refractivity contribution in [1.29, 1.82) is 0 Å². The fourth-order valence-corrected chi connectivity index (χ4v) is 6.55. The first-order valence-corrected chi connectivity index (χ1v) is 14.7. The van der Waals surface area contributed by atoms with E-state index in [1.807, 2.05) is 11.5 Å². The van der Waals surface area contributed by atoms with Crippen LogP contribution < -0.4 is 10.1 Å². The number of nitrogens with one attached hydrogen (secondary N) is 1. The van der Waals surface area contributed by atoms with E-state index in [0.29, 0.717) is 17.3 Å². The number of amides is 1. The molecule has 1 heterocycles. The minimum absolute atomic E-state index is 0.110. The summed E-state index contributed by atoms with van der Waals surface area (Å²) < 4.78 is 70.6. The molecule has 1 aliphatic rings. The number of carbonyl (C=O) groups excluding carboxylic acids is 1. The number of methoxy groups -OCH3 is 2. The third-order valence-corrected chi connectivity index (χ3v) is 8.71. The molecule has 43 heavy (non-hydrogen) atoms. The van der Waals surface area contributed by atoms with Gasteiger partial charge in [-0.05, 0) is 80.3 Å². The first-order valence-electron chi connectivity index (χ1n) is 13.8. The number of ether oxygens (including phenoxy) is 2. The molecule has 1 aliphatic carbocycles. The second-order valence-electron chi connectivity index (χ2n) is 10.5. The van der Waals surface area contributed by atoms with Gasteiger partial charge in [-0.2, -0.15) is 0 Å². The van der Waals surface area contributed by atoms with Crippen LogP contribution in [0.25, 0.3) is 5.69 Å². The Hall–Kier alpha value is -3.83. The van der Waals surface area contributed by atoms with E-state index < -0.39 is 34.6 Å². The zero-order valence-corrected chi connectivity index (χ0v) is 24.8. The van der Waals surface area contributed by atoms with Crippen molar-refractivity contribution in [2.45, 2.75) is 42.5 Å². The van der Waals surface area contributed by atoms with E-state index in [0.717, 1.165) is 53.7 Å². The summed E-state index contributed by atoms with van der Waals surface area (Å²) in [5, 5.41) is 3.02. The monoisotopic (exact) mass is 613 g/mol. The number of hydrogen-bond donors (Lipinski definition) is 1. The summed E-state index contributed by atoms with van der Waals surface area (Å²) in [7, 11) is 2.89. The van der Waals surface area contributed by atoms with Crippen molar-refractivity contribution < 1.29 is 31.8 Å². The Balaban J connectivity index is 1.54. The van der Waals surface area contributed by atoms with Gasteiger partial charge >= 0.3 is 0 Å². The van der Waals surface area contributed by atoms with Crippen LogP contribution in [0.3, 0.4) is 0 Å². The third-order valence-electron chi connectivity index (χ3n) is 7.75. The number of benzene rings is 3. The topological polar surface area (TPSA) is 65.4 Å². The summed E-state index contributed by atoms with van der Waals surface area (Å²) in [6, 6.07) is 12.7. The molecule has 0 radical (unpaired) electrons. The molecule has 1 amide bonds. The molecule has 0 fully saturated rings. The lowest BCUT2D eigenvalue weighted by Gasteiger charge is -2.36. The number of carbonyl (C=O) groups is 1. The van der Waals surface area contributed by atoms with Crippen LogP contribution in [0.1, 0.15) is 52.6 Å². The lowest BCUT2D eigenvalue weighted by atomic mass is 9.71. The number of thioether (sulfide) groups is 1. The Morgan fingerprint density at radius 3 is 2.42 bits per heavy atom. The molecule has 4 aromatic rings. The molecular formula is C32H31F4N3O3S. The molecule has 3 aromatic carbocycles. The lowest BCUT2D eigenvalue weighted by Crippen LogP contribution is -2.31. The number of aromatic nitrogens is 2. The maximum atomic E-state index is 15.1. The van der Waals surface area contributed by atoms with E-state index >= 15 is 8.78 Å². The van der Waals surface area contributed by atoms with Crippen molar-refractivity contribution in [2.24, 2.45) is 0 Å². The maximum absolute atomic E-state index is 15.1. The fourth-order valence-electron chi connectivity index (χ4n) is 5.50. The van der Waals surface area contributed by atoms with Crippen molar-refractivity contribution in [1.82, 2.24) is 14.9 Å². The van der Waals surface area contributed by atoms with Gasteiger partial charge in [0.25, 0.3) is 5.91 Å². The van der Waals surface area contributed by atoms with Crippen LogP contribution >= 0.6 is 11.8 Å². The van der Waals surface area contributed by atoms with Gasteiger partial charge in [-0.25, -0.2) is 22.5 Å². The van der Waals surface area contributed by atoms with E-state index in [-0.39, 0.29) is 35.8 Å². The van der Waals surface area contributed by atoms with Gasteiger partial charge in [0.05, 0.1) is 25.1 Å². The standard InChI is InChI=1S/C32H31F4N3O3S/c1-32(20-6-11-24(34)28(17-20)42-3)12-4-5-27-29(32)39(22-9-7-21(33)8-10-22)31(38-27)43-18-23-25(35)15-19(16-26(23)36)30(40)37-13-14-41-2/h6-11,15-17H,4-5,12-14,18H2,1-3H3,(H,37,40). The molecule has 5 rings (SSSR count). The Kier molecular flexibility index (Phi) is 9.12. The number of hydrogen-bond acceptors (Lipinski definition) is 5. The summed E-state index contributed by atoms with van der Waals surface area (Å²) in [5.41, 5.74) is 2.14. The second-order valence-corrected chi connectivity index (χ2v) is 11.4. The molecule has 11 heteroatoms. The summed E-state index contributed by atoms with van der Waals surface area (Å²) in [4.78, 5) is 17.2. The van der Waals surface area contributed by atoms with Crippen LogP contribution in [0.4, 0.5) is 17.6 Å². The minimum Gasteiger partial charge on any atom is -0.494 e. The van der Waals surface area contributed by atoms with Crippen molar-refractivity contribution in [3.8, 4) is 11.4 Å². The molecular weight excluding hydrogens is 582 g/mol. The lowest BCUT2D eigenvalue weighted by molar-refractivity contribution is 0.0936. The molecule has 6 nitrogen and oxygen atoms in total. The largest absolute Gasteiger partial charge is 0.494 e. The molecule has 1 atom stereocenters. The van der Waals surface area contributed by atoms with Gasteiger partial charge < -0.3 is 14.8 Å². The van der Waals surface area contributed by atoms with Crippen LogP contribution in [0.15, 0.2) is 59.8 Å². The second kappa shape index (κ2) is 12.8. The van der Waals surface area contributed by atoms with E-state index in [1.165, 1.54) is 32.4 Å². The predicted octanol–water partition coefficient (Wildman–Crippen LogP) is 6.75. The van der Waals surface area contributed by atoms with Gasteiger partial charge in [0, 0.05) is 41.6 Å². The number of nitrogens with zero attached hydrogens (tertiary/aromatic N) is 2. The molecule has 0 saturated heterocycles. The molecule has 1 N–H and O–H groups in total. The van der Waals surface area contributed by atoms with E-state index in [4.69, 9.17) is 14.5 Å². The van der Waals surface area contributed by atoms with E-state index in [9.17, 15) is 13.6 Å². The Bertz CT molecular complexity index is 1620. The average Bonchev–Trinajstić information content (AvgIpc) is 3.37. The van der Waals surface area contributed by atoms with Crippen molar-refractivity contribution in [2.75, 3.05) is 27.4 Å². The predicted molar refractivity (Wildman–Crippen MR) is 156 cm³/mol. The highest BCUT2D eigenvalue weighted by molar-refractivity contribution is 7.98. The fraction of sp³-hybridized carbons (Fsp3) is 0.312. The number of aryl methyl sites for hydroxylation is 1. The zero-order chi connectivity index (χ0) is 30.7. The van der Waals surface area contributed by atoms with Crippen LogP contribution in [-0.2, 0) is 22.3 Å². The van der Waals surface area contributed by atoms with E-state index in [2.05, 4.69) is 5.32 Å². The molecule has 226 valence electrons. The van der Waals surface area contributed by atoms with Crippen molar-refractivity contribution >= 4 is 17.7 Å². The summed E-state index contributed by atoms with van der Waals surface area (Å²) in [5.74, 6) is -3.18. The van der Waals surface area contributed by atoms with Crippen molar-refractivity contribution in [3.63, 3.8) is 0 Å². The SMILES string of the molecule is COCCNC(=O)c1cc(F)c(CSc2nc3c(n2-c2ccc(F)cc2)C(C)(c2ccc(F)c(OC)c2)CCC3)c(F)c1. The minimum atomic E-state index is -0.850. The third kappa shape index (κ3) is 6.14. The number of rotatable bonds is 10. The Labute approximate surface area is 251 Å². The molecule has 0 spiro atoms. The van der Waals surface area contributed by atoms with Crippen LogP contribution in [0.2, 0.25) is 0 Å². The molecule has 0 aliphatic heterocycles. The van der Waals surface area contributed by atoms with Gasteiger partial charge in [-0.3, -0.25) is 9.36 Å². The smallest absolute Gasteiger partial charge is 0.251 e. The summed E-state index contributed by atoms with van der Waals surface area (Å²) >= 11 is 1.13. The van der Waals surface area contributed by atoms with Gasteiger partial charge in [0.2, 0.25) is 0 Å². The van der Waals surface area contributed by atoms with Gasteiger partial charge in [0.1, 0.15) is 17.5 Å². The van der Waals surface area contributed by atoms with Crippen LogP contribution in [0.5, 0.6) is 5.75 Å². The summed E-state index contributed by atoms with van der Waals surface area (Å²) in [6.07, 6.45) is 2.20. The first-order chi connectivity index (χ1) is 20.7. The highest BCUT2D eigenvalue weighted by atomic mass is 32.2. The van der Waals surface area contributed by atoms with Gasteiger partial charge in [-0.15, -0.1) is 0 Å². The van der Waals surface area contributed by atoms with Crippen LogP contribution in [-0.4, -0.2) is 42.8 Å². The normalized spacial score (nSPS) is 16.2. The Morgan fingerprint density at radius 1 is 1.02 bits per heavy atom. The zero-order valence-electron chi connectivity index (χ0n) is 24.0. The number of imidazole rings is 1. The van der Waals surface area contributed by atoms with Gasteiger partial charge in [-0.1, -0.05) is 17.8 Å². The maximum Gasteiger partial charge on any atom is 0.251 e. The number of halogens is 4. The molecule has 1 aromatic heterocycles. The molecule has 0 saturated carbocycles. The van der Waals surface area contributed by atoms with Gasteiger partial charge in [0.15, 0.2) is 16.7 Å².